The smallest absolute Gasteiger partial charge is 0.226 e. The summed E-state index contributed by atoms with van der Waals surface area (Å²) in [6, 6.07) is 6.37. The van der Waals surface area contributed by atoms with Crippen molar-refractivity contribution >= 4 is 18.3 Å². The number of hydrogen-bond donors (Lipinski definition) is 1. The standard InChI is InChI=1S/C16H24N2O2.ClH/c1-12-4-5-15(13(2)10-12)20-9-6-16(19)18-8-7-17-11-14(18)3;/h4-5,10,14,17H,6-9,11H2,1-3H3;1H/t14-;/m1./s1. The zero-order chi connectivity index (χ0) is 14.5. The van der Waals surface area contributed by atoms with Crippen molar-refractivity contribution in [3.05, 3.63) is 29.3 Å². The number of aryl methyl sites for hydroxylation is 2. The van der Waals surface area contributed by atoms with E-state index in [9.17, 15) is 4.79 Å². The highest BCUT2D eigenvalue weighted by Gasteiger charge is 2.22. The topological polar surface area (TPSA) is 41.6 Å². The fourth-order valence-corrected chi connectivity index (χ4v) is 2.56. The first kappa shape index (κ1) is 17.8. The first-order valence-corrected chi connectivity index (χ1v) is 7.28. The van der Waals surface area contributed by atoms with Crippen molar-refractivity contribution in [1.82, 2.24) is 10.2 Å². The molecular formula is C16H25ClN2O2. The fourth-order valence-electron chi connectivity index (χ4n) is 2.56. The van der Waals surface area contributed by atoms with Gasteiger partial charge in [0.1, 0.15) is 5.75 Å². The summed E-state index contributed by atoms with van der Waals surface area (Å²) in [4.78, 5) is 14.1. The third kappa shape index (κ3) is 4.90. The van der Waals surface area contributed by atoms with Crippen LogP contribution in [0.15, 0.2) is 18.2 Å². The van der Waals surface area contributed by atoms with Gasteiger partial charge in [0.2, 0.25) is 5.91 Å². The molecule has 0 spiro atoms. The molecule has 1 N–H and O–H groups in total. The van der Waals surface area contributed by atoms with Crippen LogP contribution in [-0.2, 0) is 4.79 Å². The molecule has 1 aliphatic rings. The van der Waals surface area contributed by atoms with E-state index in [0.29, 0.717) is 13.0 Å². The van der Waals surface area contributed by atoms with Gasteiger partial charge in [0.15, 0.2) is 0 Å². The van der Waals surface area contributed by atoms with E-state index < -0.39 is 0 Å². The summed E-state index contributed by atoms with van der Waals surface area (Å²) in [5.74, 6) is 1.06. The molecule has 1 aliphatic heterocycles. The maximum Gasteiger partial charge on any atom is 0.226 e. The molecule has 0 bridgehead atoms. The van der Waals surface area contributed by atoms with Gasteiger partial charge in [-0.25, -0.2) is 0 Å². The van der Waals surface area contributed by atoms with E-state index in [1.54, 1.807) is 0 Å². The van der Waals surface area contributed by atoms with Crippen LogP contribution in [0.5, 0.6) is 5.75 Å². The number of carbonyl (C=O) groups excluding carboxylic acids is 1. The van der Waals surface area contributed by atoms with Crippen molar-refractivity contribution in [1.29, 1.82) is 0 Å². The zero-order valence-corrected chi connectivity index (χ0v) is 13.8. The maximum absolute atomic E-state index is 12.2. The molecule has 4 nitrogen and oxygen atoms in total. The van der Waals surface area contributed by atoms with E-state index in [0.717, 1.165) is 30.9 Å². The lowest BCUT2D eigenvalue weighted by Gasteiger charge is -2.34. The van der Waals surface area contributed by atoms with Crippen LogP contribution in [0.4, 0.5) is 0 Å². The summed E-state index contributed by atoms with van der Waals surface area (Å²) >= 11 is 0. The van der Waals surface area contributed by atoms with E-state index in [1.807, 2.05) is 24.0 Å². The Labute approximate surface area is 133 Å². The highest BCUT2D eigenvalue weighted by atomic mass is 35.5. The second-order valence-corrected chi connectivity index (χ2v) is 5.51. The fraction of sp³-hybridized carbons (Fsp3) is 0.562. The molecule has 1 atom stereocenters. The molecule has 1 fully saturated rings. The van der Waals surface area contributed by atoms with Crippen molar-refractivity contribution in [3.8, 4) is 5.75 Å². The SMILES string of the molecule is Cc1ccc(OCCC(=O)N2CCNC[C@H]2C)c(C)c1.Cl. The van der Waals surface area contributed by atoms with E-state index >= 15 is 0 Å². The van der Waals surface area contributed by atoms with Gasteiger partial charge in [0.05, 0.1) is 13.0 Å². The van der Waals surface area contributed by atoms with Gasteiger partial charge >= 0.3 is 0 Å². The molecule has 21 heavy (non-hydrogen) atoms. The minimum absolute atomic E-state index is 0. The molecule has 0 aliphatic carbocycles. The average molecular weight is 313 g/mol. The Morgan fingerprint density at radius 1 is 1.43 bits per heavy atom. The molecule has 0 aromatic heterocycles. The number of halogens is 1. The Morgan fingerprint density at radius 2 is 2.19 bits per heavy atom. The van der Waals surface area contributed by atoms with Crippen LogP contribution in [0.25, 0.3) is 0 Å². The lowest BCUT2D eigenvalue weighted by molar-refractivity contribution is -0.134. The molecule has 5 heteroatoms. The first-order valence-electron chi connectivity index (χ1n) is 7.28. The van der Waals surface area contributed by atoms with Gasteiger partial charge < -0.3 is 15.0 Å². The third-order valence-corrected chi connectivity index (χ3v) is 3.73. The predicted molar refractivity (Wildman–Crippen MR) is 87.3 cm³/mol. The van der Waals surface area contributed by atoms with Crippen molar-refractivity contribution in [2.24, 2.45) is 0 Å². The molecular weight excluding hydrogens is 288 g/mol. The number of rotatable bonds is 4. The number of hydrogen-bond acceptors (Lipinski definition) is 3. The van der Waals surface area contributed by atoms with E-state index in [2.05, 4.69) is 25.2 Å². The minimum atomic E-state index is 0. The normalized spacial score (nSPS) is 18.0. The molecule has 0 saturated carbocycles. The van der Waals surface area contributed by atoms with Gasteiger partial charge in [-0.1, -0.05) is 17.7 Å². The second kappa shape index (κ2) is 8.25. The molecule has 1 heterocycles. The van der Waals surface area contributed by atoms with Crippen molar-refractivity contribution in [2.75, 3.05) is 26.2 Å². The second-order valence-electron chi connectivity index (χ2n) is 5.51. The molecule has 118 valence electrons. The number of benzene rings is 1. The third-order valence-electron chi connectivity index (χ3n) is 3.73. The molecule has 0 radical (unpaired) electrons. The predicted octanol–water partition coefficient (Wildman–Crippen LogP) is 2.31. The molecule has 1 saturated heterocycles. The Bertz CT molecular complexity index is 479. The van der Waals surface area contributed by atoms with Gasteiger partial charge in [-0.2, -0.15) is 0 Å². The molecule has 1 amide bonds. The number of nitrogens with one attached hydrogen (secondary N) is 1. The van der Waals surface area contributed by atoms with Crippen LogP contribution in [0.2, 0.25) is 0 Å². The Morgan fingerprint density at radius 3 is 2.86 bits per heavy atom. The molecule has 1 aromatic rings. The van der Waals surface area contributed by atoms with Gasteiger partial charge in [-0.3, -0.25) is 4.79 Å². The Balaban J connectivity index is 0.00000220. The van der Waals surface area contributed by atoms with Gasteiger partial charge in [-0.05, 0) is 32.4 Å². The van der Waals surface area contributed by atoms with Crippen molar-refractivity contribution in [3.63, 3.8) is 0 Å². The maximum atomic E-state index is 12.2. The minimum Gasteiger partial charge on any atom is -0.493 e. The van der Waals surface area contributed by atoms with Gasteiger partial charge in [0, 0.05) is 25.7 Å². The summed E-state index contributed by atoms with van der Waals surface area (Å²) in [5.41, 5.74) is 2.34. The number of ether oxygens (including phenoxy) is 1. The molecule has 1 aromatic carbocycles. The van der Waals surface area contributed by atoms with E-state index in [-0.39, 0.29) is 24.4 Å². The van der Waals surface area contributed by atoms with Crippen LogP contribution in [-0.4, -0.2) is 43.1 Å². The highest BCUT2D eigenvalue weighted by Crippen LogP contribution is 2.19. The van der Waals surface area contributed by atoms with Crippen molar-refractivity contribution < 1.29 is 9.53 Å². The summed E-state index contributed by atoms with van der Waals surface area (Å²) in [6.07, 6.45) is 0.442. The number of piperazine rings is 1. The van der Waals surface area contributed by atoms with Gasteiger partial charge in [0.25, 0.3) is 0 Å². The van der Waals surface area contributed by atoms with Crippen molar-refractivity contribution in [2.45, 2.75) is 33.2 Å². The van der Waals surface area contributed by atoms with E-state index in [1.165, 1.54) is 5.56 Å². The Hall–Kier alpha value is -1.26. The van der Waals surface area contributed by atoms with Gasteiger partial charge in [-0.15, -0.1) is 12.4 Å². The lowest BCUT2D eigenvalue weighted by Crippen LogP contribution is -2.52. The number of amides is 1. The summed E-state index contributed by atoms with van der Waals surface area (Å²) < 4.78 is 5.73. The van der Waals surface area contributed by atoms with E-state index in [4.69, 9.17) is 4.74 Å². The first-order chi connectivity index (χ1) is 9.58. The number of carbonyl (C=O) groups is 1. The lowest BCUT2D eigenvalue weighted by atomic mass is 10.1. The molecule has 2 rings (SSSR count). The molecule has 0 unspecified atom stereocenters. The van der Waals surface area contributed by atoms with Crippen LogP contribution in [0, 0.1) is 13.8 Å². The summed E-state index contributed by atoms with van der Waals surface area (Å²) in [7, 11) is 0. The summed E-state index contributed by atoms with van der Waals surface area (Å²) in [6.45, 7) is 9.17. The van der Waals surface area contributed by atoms with Crippen LogP contribution in [0.3, 0.4) is 0 Å². The average Bonchev–Trinajstić information content (AvgIpc) is 2.41. The summed E-state index contributed by atoms with van der Waals surface area (Å²) in [5, 5.41) is 3.29. The monoisotopic (exact) mass is 312 g/mol. The van der Waals surface area contributed by atoms with Crippen LogP contribution in [0.1, 0.15) is 24.5 Å². The zero-order valence-electron chi connectivity index (χ0n) is 13.0. The van der Waals surface area contributed by atoms with Crippen LogP contribution < -0.4 is 10.1 Å². The Kier molecular flexibility index (Phi) is 6.99. The highest BCUT2D eigenvalue weighted by molar-refractivity contribution is 5.85. The largest absolute Gasteiger partial charge is 0.493 e. The quantitative estimate of drug-likeness (QED) is 0.927. The van der Waals surface area contributed by atoms with Crippen LogP contribution >= 0.6 is 12.4 Å². The number of nitrogens with zero attached hydrogens (tertiary/aromatic N) is 1.